The lowest BCUT2D eigenvalue weighted by atomic mass is 9.93. The number of piperidine rings is 1. The van der Waals surface area contributed by atoms with E-state index in [2.05, 4.69) is 49.8 Å². The molecule has 0 bridgehead atoms. The maximum atomic E-state index is 14.5. The summed E-state index contributed by atoms with van der Waals surface area (Å²) in [5.74, 6) is 0.117. The van der Waals surface area contributed by atoms with Crippen molar-refractivity contribution >= 4 is 17.7 Å². The molecule has 1 saturated heterocycles. The number of amides is 3. The Morgan fingerprint density at radius 1 is 1.10 bits per heavy atom. The molecule has 5 atom stereocenters. The van der Waals surface area contributed by atoms with Gasteiger partial charge in [0.05, 0.1) is 6.04 Å². The third kappa shape index (κ3) is 6.02. The fourth-order valence-corrected chi connectivity index (χ4v) is 7.18. The zero-order valence-electron chi connectivity index (χ0n) is 25.2. The zero-order valence-corrected chi connectivity index (χ0v) is 25.2. The molecule has 0 radical (unpaired) electrons. The van der Waals surface area contributed by atoms with Gasteiger partial charge in [0.15, 0.2) is 5.88 Å². The van der Waals surface area contributed by atoms with Gasteiger partial charge >= 0.3 is 0 Å². The van der Waals surface area contributed by atoms with Crippen molar-refractivity contribution < 1.29 is 19.1 Å². The summed E-state index contributed by atoms with van der Waals surface area (Å²) in [5.41, 5.74) is 7.75. The molecule has 41 heavy (non-hydrogen) atoms. The van der Waals surface area contributed by atoms with Gasteiger partial charge in [-0.2, -0.15) is 0 Å². The van der Waals surface area contributed by atoms with Gasteiger partial charge in [0.25, 0.3) is 0 Å². The van der Waals surface area contributed by atoms with E-state index in [1.54, 1.807) is 4.90 Å². The highest BCUT2D eigenvalue weighted by Gasteiger charge is 2.69. The number of fused-ring (bicyclic) bond motifs is 2. The molecule has 4 unspecified atom stereocenters. The van der Waals surface area contributed by atoms with E-state index in [1.807, 2.05) is 32.9 Å². The number of primary amides is 1. The van der Waals surface area contributed by atoms with Crippen LogP contribution in [-0.2, 0) is 32.0 Å². The molecule has 3 fully saturated rings. The second kappa shape index (κ2) is 10.5. The first-order chi connectivity index (χ1) is 19.2. The molecule has 1 aromatic rings. The van der Waals surface area contributed by atoms with E-state index < -0.39 is 29.6 Å². The van der Waals surface area contributed by atoms with Crippen LogP contribution in [0.1, 0.15) is 65.0 Å². The number of hydrogen-bond acceptors (Lipinski definition) is 5. The van der Waals surface area contributed by atoms with Gasteiger partial charge < -0.3 is 26.0 Å². The van der Waals surface area contributed by atoms with Crippen molar-refractivity contribution in [3.63, 3.8) is 0 Å². The SMILES string of the molecule is C=C(NC(C(=O)N1CC2C([C@H]1C(=O)NC(CC1CC1)C(=C)C(N)=O)C2(C)C)C1Cc2ccccc2C1)OC(C)(C)C. The molecule has 3 amide bonds. The Bertz CT molecular complexity index is 1230. The number of carbonyl (C=O) groups excluding carboxylic acids is 3. The highest BCUT2D eigenvalue weighted by molar-refractivity contribution is 5.95. The highest BCUT2D eigenvalue weighted by atomic mass is 16.5. The molecule has 5 rings (SSSR count). The molecule has 2 saturated carbocycles. The van der Waals surface area contributed by atoms with Crippen LogP contribution in [0.25, 0.3) is 0 Å². The number of rotatable bonds is 11. The van der Waals surface area contributed by atoms with Gasteiger partial charge in [-0.05, 0) is 86.8 Å². The Morgan fingerprint density at radius 2 is 1.71 bits per heavy atom. The third-order valence-corrected chi connectivity index (χ3v) is 9.65. The molecule has 0 spiro atoms. The topological polar surface area (TPSA) is 114 Å². The Morgan fingerprint density at radius 3 is 2.24 bits per heavy atom. The average molecular weight is 563 g/mol. The van der Waals surface area contributed by atoms with Crippen LogP contribution in [0.5, 0.6) is 0 Å². The van der Waals surface area contributed by atoms with E-state index in [4.69, 9.17) is 10.5 Å². The molecule has 4 N–H and O–H groups in total. The van der Waals surface area contributed by atoms with Crippen molar-refractivity contribution in [1.82, 2.24) is 15.5 Å². The number of nitrogens with zero attached hydrogens (tertiary/aromatic N) is 1. The maximum absolute atomic E-state index is 14.5. The average Bonchev–Trinajstić information content (AvgIpc) is 3.63. The molecule has 8 nitrogen and oxygen atoms in total. The number of likely N-dealkylation sites (tertiary alicyclic amines) is 1. The Balaban J connectivity index is 1.39. The number of carbonyl (C=O) groups is 3. The first-order valence-electron chi connectivity index (χ1n) is 15.0. The molecule has 222 valence electrons. The van der Waals surface area contributed by atoms with Gasteiger partial charge in [-0.15, -0.1) is 0 Å². The zero-order chi connectivity index (χ0) is 29.9. The van der Waals surface area contributed by atoms with Crippen LogP contribution in [0.3, 0.4) is 0 Å². The second-order valence-corrected chi connectivity index (χ2v) is 14.2. The fourth-order valence-electron chi connectivity index (χ4n) is 7.18. The van der Waals surface area contributed by atoms with E-state index >= 15 is 0 Å². The first kappa shape index (κ1) is 29.2. The van der Waals surface area contributed by atoms with E-state index in [0.29, 0.717) is 24.8 Å². The maximum Gasteiger partial charge on any atom is 0.246 e. The molecular formula is C33H46N4O4. The van der Waals surface area contributed by atoms with Crippen LogP contribution >= 0.6 is 0 Å². The third-order valence-electron chi connectivity index (χ3n) is 9.65. The summed E-state index contributed by atoms with van der Waals surface area (Å²) in [6, 6.07) is 6.54. The predicted octanol–water partition coefficient (Wildman–Crippen LogP) is 3.46. The van der Waals surface area contributed by atoms with Crippen molar-refractivity contribution in [2.45, 2.75) is 90.4 Å². The van der Waals surface area contributed by atoms with Gasteiger partial charge in [-0.25, -0.2) is 0 Å². The number of ether oxygens (including phenoxy) is 1. The Labute approximate surface area is 244 Å². The second-order valence-electron chi connectivity index (χ2n) is 14.2. The fraction of sp³-hybridized carbons (Fsp3) is 0.606. The predicted molar refractivity (Wildman–Crippen MR) is 158 cm³/mol. The molecule has 1 heterocycles. The van der Waals surface area contributed by atoms with Crippen LogP contribution in [0.4, 0.5) is 0 Å². The van der Waals surface area contributed by atoms with Gasteiger partial charge in [-0.3, -0.25) is 14.4 Å². The summed E-state index contributed by atoms with van der Waals surface area (Å²) in [6.45, 7) is 18.6. The first-order valence-corrected chi connectivity index (χ1v) is 15.0. The Kier molecular flexibility index (Phi) is 7.49. The van der Waals surface area contributed by atoms with Crippen LogP contribution in [-0.4, -0.2) is 52.9 Å². The highest BCUT2D eigenvalue weighted by Crippen LogP contribution is 2.65. The quantitative estimate of drug-likeness (QED) is 0.282. The van der Waals surface area contributed by atoms with Crippen LogP contribution in [0, 0.1) is 29.1 Å². The minimum absolute atomic E-state index is 0.00822. The van der Waals surface area contributed by atoms with Crippen molar-refractivity contribution in [3.05, 3.63) is 60.0 Å². The van der Waals surface area contributed by atoms with Gasteiger partial charge in [0, 0.05) is 12.1 Å². The summed E-state index contributed by atoms with van der Waals surface area (Å²) in [4.78, 5) is 42.3. The van der Waals surface area contributed by atoms with Gasteiger partial charge in [0.2, 0.25) is 17.7 Å². The number of benzene rings is 1. The summed E-state index contributed by atoms with van der Waals surface area (Å²) < 4.78 is 5.99. The van der Waals surface area contributed by atoms with Crippen molar-refractivity contribution in [2.24, 2.45) is 34.8 Å². The molecule has 0 aromatic heterocycles. The normalized spacial score (nSPS) is 25.9. The Hall–Kier alpha value is -3.29. The standard InChI is InChI=1S/C33H46N4O4/c1-18(29(34)38)25(14-20-12-13-20)36-30(39)28-26-24(33(26,6)7)17-37(28)31(40)27(35-19(2)41-32(3,4)5)23-15-21-10-8-9-11-22(21)16-23/h8-11,20,23-28,35H,1-2,12-17H2,3-7H3,(H2,34,38)(H,36,39)/t24?,25?,26?,27?,28-/m0/s1. The molecule has 4 aliphatic rings. The summed E-state index contributed by atoms with van der Waals surface area (Å²) >= 11 is 0. The molecular weight excluding hydrogens is 516 g/mol. The van der Waals surface area contributed by atoms with Crippen molar-refractivity contribution in [1.29, 1.82) is 0 Å². The van der Waals surface area contributed by atoms with Crippen molar-refractivity contribution in [2.75, 3.05) is 6.54 Å². The number of hydrogen-bond donors (Lipinski definition) is 3. The lowest BCUT2D eigenvalue weighted by molar-refractivity contribution is -0.143. The molecule has 3 aliphatic carbocycles. The minimum Gasteiger partial charge on any atom is -0.474 e. The van der Waals surface area contributed by atoms with Crippen LogP contribution < -0.4 is 16.4 Å². The van der Waals surface area contributed by atoms with Crippen LogP contribution in [0.15, 0.2) is 48.9 Å². The summed E-state index contributed by atoms with van der Waals surface area (Å²) in [7, 11) is 0. The van der Waals surface area contributed by atoms with Gasteiger partial charge in [0.1, 0.15) is 17.7 Å². The van der Waals surface area contributed by atoms with Crippen LogP contribution in [0.2, 0.25) is 0 Å². The van der Waals surface area contributed by atoms with E-state index in [1.165, 1.54) is 11.1 Å². The molecule has 1 aliphatic heterocycles. The minimum atomic E-state index is -0.630. The summed E-state index contributed by atoms with van der Waals surface area (Å²) in [5, 5.41) is 6.42. The number of nitrogens with two attached hydrogens (primary N) is 1. The summed E-state index contributed by atoms with van der Waals surface area (Å²) in [6.07, 6.45) is 4.30. The lowest BCUT2D eigenvalue weighted by Crippen LogP contribution is -2.58. The van der Waals surface area contributed by atoms with Gasteiger partial charge in [-0.1, -0.05) is 57.5 Å². The molecule has 8 heteroatoms. The smallest absolute Gasteiger partial charge is 0.246 e. The van der Waals surface area contributed by atoms with E-state index in [9.17, 15) is 14.4 Å². The van der Waals surface area contributed by atoms with E-state index in [-0.39, 0.29) is 40.6 Å². The largest absolute Gasteiger partial charge is 0.474 e. The lowest BCUT2D eigenvalue weighted by Gasteiger charge is -2.36. The van der Waals surface area contributed by atoms with Crippen molar-refractivity contribution in [3.8, 4) is 0 Å². The van der Waals surface area contributed by atoms with E-state index in [0.717, 1.165) is 25.7 Å². The monoisotopic (exact) mass is 562 g/mol. The molecule has 1 aromatic carbocycles. The number of nitrogens with one attached hydrogen (secondary N) is 2.